The van der Waals surface area contributed by atoms with Gasteiger partial charge in [0, 0.05) is 6.42 Å². The first-order valence-corrected chi connectivity index (χ1v) is 8.77. The van der Waals surface area contributed by atoms with E-state index in [4.69, 9.17) is 5.11 Å². The summed E-state index contributed by atoms with van der Waals surface area (Å²) in [4.78, 5) is 10.4. The summed E-state index contributed by atoms with van der Waals surface area (Å²) in [5.41, 5.74) is 0. The molecule has 0 amide bonds. The molecular formula is C19H32O2. The Labute approximate surface area is 130 Å². The van der Waals surface area contributed by atoms with E-state index in [-0.39, 0.29) is 6.42 Å². The van der Waals surface area contributed by atoms with Gasteiger partial charge in [-0.3, -0.25) is 4.79 Å². The number of allylic oxidation sites excluding steroid dienone is 4. The zero-order valence-electron chi connectivity index (χ0n) is 13.6. The molecule has 0 saturated heterocycles. The number of carboxylic acids is 1. The van der Waals surface area contributed by atoms with Crippen molar-refractivity contribution in [1.82, 2.24) is 0 Å². The number of rotatable bonds is 11. The molecular weight excluding hydrogens is 260 g/mol. The Morgan fingerprint density at radius 1 is 1.10 bits per heavy atom. The Balaban J connectivity index is 2.17. The minimum Gasteiger partial charge on any atom is -0.481 e. The molecule has 1 aliphatic rings. The van der Waals surface area contributed by atoms with E-state index in [9.17, 15) is 4.79 Å². The smallest absolute Gasteiger partial charge is 0.303 e. The van der Waals surface area contributed by atoms with E-state index in [1.54, 1.807) is 0 Å². The first-order valence-electron chi connectivity index (χ1n) is 8.77. The van der Waals surface area contributed by atoms with Crippen LogP contribution >= 0.6 is 0 Å². The Bertz CT molecular complexity index is 330. The molecule has 2 heteroatoms. The standard InChI is InChI=1S/C19H32O2/c1-2-3-4-5-8-12-17-14-11-15-18(17)13-9-6-7-10-16-19(20)21/h6,8-9,12,17-18H,2-5,7,10-11,13-16H2,1H3,(H,20,21)/t17-,18-/m0/s1. The van der Waals surface area contributed by atoms with Crippen LogP contribution < -0.4 is 0 Å². The monoisotopic (exact) mass is 292 g/mol. The molecule has 0 aromatic carbocycles. The maximum absolute atomic E-state index is 10.4. The molecule has 1 fully saturated rings. The minimum atomic E-state index is -0.688. The summed E-state index contributed by atoms with van der Waals surface area (Å²) in [6.45, 7) is 2.25. The summed E-state index contributed by atoms with van der Waals surface area (Å²) in [5.74, 6) is 0.894. The summed E-state index contributed by atoms with van der Waals surface area (Å²) in [5, 5.41) is 8.58. The molecule has 0 heterocycles. The molecule has 1 N–H and O–H groups in total. The van der Waals surface area contributed by atoms with Gasteiger partial charge in [0.05, 0.1) is 0 Å². The van der Waals surface area contributed by atoms with Crippen molar-refractivity contribution in [3.63, 3.8) is 0 Å². The predicted molar refractivity (Wildman–Crippen MR) is 89.4 cm³/mol. The minimum absolute atomic E-state index is 0.289. The Kier molecular flexibility index (Phi) is 9.94. The quantitative estimate of drug-likeness (QED) is 0.389. The van der Waals surface area contributed by atoms with Crippen LogP contribution in [-0.4, -0.2) is 11.1 Å². The normalized spacial score (nSPS) is 22.5. The van der Waals surface area contributed by atoms with Gasteiger partial charge in [-0.1, -0.05) is 50.5 Å². The summed E-state index contributed by atoms with van der Waals surface area (Å²) >= 11 is 0. The number of unbranched alkanes of at least 4 members (excludes halogenated alkanes) is 4. The van der Waals surface area contributed by atoms with Crippen LogP contribution in [-0.2, 0) is 4.79 Å². The molecule has 0 unspecified atom stereocenters. The second-order valence-electron chi connectivity index (χ2n) is 6.27. The molecule has 1 saturated carbocycles. The van der Waals surface area contributed by atoms with Crippen LogP contribution in [0.5, 0.6) is 0 Å². The molecule has 21 heavy (non-hydrogen) atoms. The van der Waals surface area contributed by atoms with Crippen LogP contribution in [0.4, 0.5) is 0 Å². The van der Waals surface area contributed by atoms with E-state index in [2.05, 4.69) is 31.2 Å². The van der Waals surface area contributed by atoms with Crippen molar-refractivity contribution >= 4 is 5.97 Å². The Morgan fingerprint density at radius 3 is 2.67 bits per heavy atom. The molecule has 0 aromatic heterocycles. The van der Waals surface area contributed by atoms with Gasteiger partial charge in [-0.25, -0.2) is 0 Å². The number of hydrogen-bond donors (Lipinski definition) is 1. The lowest BCUT2D eigenvalue weighted by atomic mass is 9.92. The first kappa shape index (κ1) is 18.0. The fourth-order valence-corrected chi connectivity index (χ4v) is 3.15. The van der Waals surface area contributed by atoms with E-state index in [1.165, 1.54) is 44.9 Å². The highest BCUT2D eigenvalue weighted by atomic mass is 16.4. The van der Waals surface area contributed by atoms with Gasteiger partial charge in [-0.15, -0.1) is 0 Å². The topological polar surface area (TPSA) is 37.3 Å². The van der Waals surface area contributed by atoms with Crippen LogP contribution in [0.15, 0.2) is 24.3 Å². The molecule has 2 atom stereocenters. The molecule has 0 bridgehead atoms. The summed E-state index contributed by atoms with van der Waals surface area (Å²) < 4.78 is 0. The lowest BCUT2D eigenvalue weighted by Crippen LogP contribution is -2.03. The molecule has 0 radical (unpaired) electrons. The van der Waals surface area contributed by atoms with Crippen LogP contribution in [0.1, 0.15) is 77.6 Å². The highest BCUT2D eigenvalue weighted by molar-refractivity contribution is 5.66. The van der Waals surface area contributed by atoms with Crippen molar-refractivity contribution in [2.75, 3.05) is 0 Å². The summed E-state index contributed by atoms with van der Waals surface area (Å²) in [7, 11) is 0. The van der Waals surface area contributed by atoms with Gasteiger partial charge >= 0.3 is 5.97 Å². The molecule has 1 rings (SSSR count). The largest absolute Gasteiger partial charge is 0.481 e. The van der Waals surface area contributed by atoms with Crippen LogP contribution in [0.25, 0.3) is 0 Å². The number of carbonyl (C=O) groups is 1. The van der Waals surface area contributed by atoms with E-state index in [0.29, 0.717) is 0 Å². The average Bonchev–Trinajstić information content (AvgIpc) is 2.89. The maximum Gasteiger partial charge on any atom is 0.303 e. The first-order chi connectivity index (χ1) is 10.2. The SMILES string of the molecule is CCCCCC=C[C@H]1CCC[C@@H]1CC=CCCCC(=O)O. The third-order valence-corrected chi connectivity index (χ3v) is 4.44. The highest BCUT2D eigenvalue weighted by Gasteiger charge is 2.23. The Morgan fingerprint density at radius 2 is 1.90 bits per heavy atom. The Hall–Kier alpha value is -1.05. The van der Waals surface area contributed by atoms with Crippen LogP contribution in [0, 0.1) is 11.8 Å². The number of hydrogen-bond acceptors (Lipinski definition) is 1. The molecule has 0 aliphatic heterocycles. The van der Waals surface area contributed by atoms with Crippen molar-refractivity contribution in [3.8, 4) is 0 Å². The van der Waals surface area contributed by atoms with Crippen molar-refractivity contribution < 1.29 is 9.90 Å². The second-order valence-corrected chi connectivity index (χ2v) is 6.27. The third-order valence-electron chi connectivity index (χ3n) is 4.44. The maximum atomic E-state index is 10.4. The zero-order valence-corrected chi connectivity index (χ0v) is 13.6. The van der Waals surface area contributed by atoms with Gasteiger partial charge in [0.25, 0.3) is 0 Å². The van der Waals surface area contributed by atoms with E-state index in [1.807, 2.05) is 0 Å². The molecule has 120 valence electrons. The summed E-state index contributed by atoms with van der Waals surface area (Å²) in [6, 6.07) is 0. The number of aliphatic carboxylic acids is 1. The zero-order chi connectivity index (χ0) is 15.3. The van der Waals surface area contributed by atoms with Crippen LogP contribution in [0.2, 0.25) is 0 Å². The van der Waals surface area contributed by atoms with Gasteiger partial charge in [0.1, 0.15) is 0 Å². The van der Waals surface area contributed by atoms with E-state index in [0.717, 1.165) is 31.1 Å². The molecule has 1 aliphatic carbocycles. The molecule has 2 nitrogen and oxygen atoms in total. The lowest BCUT2D eigenvalue weighted by molar-refractivity contribution is -0.137. The van der Waals surface area contributed by atoms with E-state index < -0.39 is 5.97 Å². The van der Waals surface area contributed by atoms with Crippen LogP contribution in [0.3, 0.4) is 0 Å². The van der Waals surface area contributed by atoms with Crippen molar-refractivity contribution in [1.29, 1.82) is 0 Å². The highest BCUT2D eigenvalue weighted by Crippen LogP contribution is 2.35. The van der Waals surface area contributed by atoms with Gasteiger partial charge in [-0.05, 0) is 56.8 Å². The van der Waals surface area contributed by atoms with Gasteiger partial charge in [0.2, 0.25) is 0 Å². The fourth-order valence-electron chi connectivity index (χ4n) is 3.15. The number of carboxylic acid groups (broad SMARTS) is 1. The second kappa shape index (κ2) is 11.6. The molecule has 0 spiro atoms. The average molecular weight is 292 g/mol. The third kappa shape index (κ3) is 8.75. The predicted octanol–water partition coefficient (Wildman–Crippen LogP) is 5.74. The fraction of sp³-hybridized carbons (Fsp3) is 0.737. The molecule has 0 aromatic rings. The lowest BCUT2D eigenvalue weighted by Gasteiger charge is -2.14. The van der Waals surface area contributed by atoms with Crippen molar-refractivity contribution in [2.45, 2.75) is 77.6 Å². The van der Waals surface area contributed by atoms with E-state index >= 15 is 0 Å². The van der Waals surface area contributed by atoms with Crippen molar-refractivity contribution in [2.24, 2.45) is 11.8 Å². The van der Waals surface area contributed by atoms with Crippen molar-refractivity contribution in [3.05, 3.63) is 24.3 Å². The van der Waals surface area contributed by atoms with Gasteiger partial charge in [-0.2, -0.15) is 0 Å². The van der Waals surface area contributed by atoms with Gasteiger partial charge < -0.3 is 5.11 Å². The summed E-state index contributed by atoms with van der Waals surface area (Å²) in [6.07, 6.45) is 21.7. The van der Waals surface area contributed by atoms with Gasteiger partial charge in [0.15, 0.2) is 0 Å².